The lowest BCUT2D eigenvalue weighted by molar-refractivity contribution is -0.121. The van der Waals surface area contributed by atoms with Crippen LogP contribution in [0.3, 0.4) is 0 Å². The SMILES string of the molecule is CCC(=O)N[C@@H]1CC[C@H](NC(=O)c2sc3nccc4c3c2NC(=O)N4c2ccc(Oc3ccccc3)cc2C)C1. The lowest BCUT2D eigenvalue weighted by Gasteiger charge is -2.29. The number of rotatable bonds is 7. The first kappa shape index (κ1) is 25.8. The van der Waals surface area contributed by atoms with Crippen LogP contribution in [0.25, 0.3) is 10.2 Å². The molecule has 1 fully saturated rings. The number of carbonyl (C=O) groups is 3. The molecule has 4 aromatic rings. The van der Waals surface area contributed by atoms with Gasteiger partial charge in [0.15, 0.2) is 0 Å². The summed E-state index contributed by atoms with van der Waals surface area (Å²) in [6.07, 6.45) is 4.39. The lowest BCUT2D eigenvalue weighted by atomic mass is 10.1. The standard InChI is InChI=1S/C30H29N5O4S/c1-3-24(36)32-18-9-10-19(16-18)33-28(37)27-26-25-23(13-14-31-29(25)40-27)35(30(38)34-26)22-12-11-21(15-17(22)2)39-20-7-5-4-6-8-20/h4-8,11-15,18-19H,3,9-10,16H2,1-2H3,(H,32,36)(H,33,37)(H,34,38)/t18-,19+/m1/s1. The van der Waals surface area contributed by atoms with Gasteiger partial charge in [0, 0.05) is 24.7 Å². The Kier molecular flexibility index (Phi) is 6.85. The van der Waals surface area contributed by atoms with Gasteiger partial charge in [-0.3, -0.25) is 14.5 Å². The highest BCUT2D eigenvalue weighted by atomic mass is 32.1. The molecule has 1 aliphatic heterocycles. The van der Waals surface area contributed by atoms with Crippen LogP contribution in [-0.2, 0) is 4.79 Å². The molecule has 2 atom stereocenters. The quantitative estimate of drug-likeness (QED) is 0.249. The van der Waals surface area contributed by atoms with Crippen LogP contribution in [0.1, 0.15) is 47.8 Å². The predicted molar refractivity (Wildman–Crippen MR) is 156 cm³/mol. The molecule has 40 heavy (non-hydrogen) atoms. The van der Waals surface area contributed by atoms with E-state index in [1.807, 2.05) is 62.4 Å². The van der Waals surface area contributed by atoms with Crippen molar-refractivity contribution in [1.29, 1.82) is 0 Å². The first-order valence-corrected chi connectivity index (χ1v) is 14.2. The second kappa shape index (κ2) is 10.6. The zero-order chi connectivity index (χ0) is 27.8. The molecule has 3 heterocycles. The molecule has 204 valence electrons. The van der Waals surface area contributed by atoms with E-state index in [-0.39, 0.29) is 29.9 Å². The number of thiophene rings is 1. The second-order valence-electron chi connectivity index (χ2n) is 10.0. The molecule has 2 aliphatic rings. The van der Waals surface area contributed by atoms with Gasteiger partial charge in [0.1, 0.15) is 21.2 Å². The molecule has 0 radical (unpaired) electrons. The van der Waals surface area contributed by atoms with Crippen molar-refractivity contribution in [3.05, 3.63) is 71.2 Å². The third-order valence-electron chi connectivity index (χ3n) is 7.29. The highest BCUT2D eigenvalue weighted by Crippen LogP contribution is 2.46. The van der Waals surface area contributed by atoms with Gasteiger partial charge in [-0.15, -0.1) is 11.3 Å². The summed E-state index contributed by atoms with van der Waals surface area (Å²) in [7, 11) is 0. The summed E-state index contributed by atoms with van der Waals surface area (Å²) in [5.74, 6) is 1.17. The van der Waals surface area contributed by atoms with Gasteiger partial charge in [-0.2, -0.15) is 0 Å². The summed E-state index contributed by atoms with van der Waals surface area (Å²) in [5, 5.41) is 9.81. The van der Waals surface area contributed by atoms with Crippen LogP contribution in [0.15, 0.2) is 60.8 Å². The van der Waals surface area contributed by atoms with E-state index in [1.165, 1.54) is 11.3 Å². The molecule has 0 spiro atoms. The van der Waals surface area contributed by atoms with Crippen molar-refractivity contribution in [1.82, 2.24) is 15.6 Å². The number of pyridine rings is 1. The highest BCUT2D eigenvalue weighted by Gasteiger charge is 2.34. The van der Waals surface area contributed by atoms with Crippen molar-refractivity contribution in [2.45, 2.75) is 51.6 Å². The van der Waals surface area contributed by atoms with Gasteiger partial charge in [0.05, 0.1) is 22.4 Å². The zero-order valence-corrected chi connectivity index (χ0v) is 23.0. The number of hydrogen-bond acceptors (Lipinski definition) is 6. The Morgan fingerprint density at radius 2 is 1.82 bits per heavy atom. The number of ether oxygens (including phenoxy) is 1. The van der Waals surface area contributed by atoms with Crippen molar-refractivity contribution >= 4 is 56.5 Å². The van der Waals surface area contributed by atoms with Crippen LogP contribution < -0.4 is 25.6 Å². The molecule has 2 aromatic heterocycles. The Balaban J connectivity index is 1.26. The van der Waals surface area contributed by atoms with E-state index >= 15 is 0 Å². The van der Waals surface area contributed by atoms with Gasteiger partial charge in [0.25, 0.3) is 5.91 Å². The Bertz CT molecular complexity index is 1620. The number of carbonyl (C=O) groups excluding carboxylic acids is 3. The molecule has 0 saturated heterocycles. The van der Waals surface area contributed by atoms with Crippen LogP contribution in [0.2, 0.25) is 0 Å². The molecule has 10 heteroatoms. The highest BCUT2D eigenvalue weighted by molar-refractivity contribution is 7.21. The van der Waals surface area contributed by atoms with Crippen LogP contribution in [-0.4, -0.2) is 34.9 Å². The maximum Gasteiger partial charge on any atom is 0.331 e. The summed E-state index contributed by atoms with van der Waals surface area (Å²) < 4.78 is 5.97. The molecule has 9 nitrogen and oxygen atoms in total. The van der Waals surface area contributed by atoms with E-state index in [0.717, 1.165) is 29.5 Å². The minimum atomic E-state index is -0.351. The molecule has 2 aromatic carbocycles. The molecular weight excluding hydrogens is 526 g/mol. The van der Waals surface area contributed by atoms with Crippen molar-refractivity contribution < 1.29 is 19.1 Å². The van der Waals surface area contributed by atoms with Crippen LogP contribution in [0, 0.1) is 6.92 Å². The van der Waals surface area contributed by atoms with Gasteiger partial charge in [-0.1, -0.05) is 25.1 Å². The van der Waals surface area contributed by atoms with Gasteiger partial charge in [-0.25, -0.2) is 9.78 Å². The van der Waals surface area contributed by atoms with E-state index in [4.69, 9.17) is 4.74 Å². The fourth-order valence-corrected chi connectivity index (χ4v) is 6.40. The van der Waals surface area contributed by atoms with E-state index < -0.39 is 0 Å². The summed E-state index contributed by atoms with van der Waals surface area (Å²) >= 11 is 1.26. The molecule has 0 unspecified atom stereocenters. The van der Waals surface area contributed by atoms with Crippen molar-refractivity contribution in [2.24, 2.45) is 0 Å². The summed E-state index contributed by atoms with van der Waals surface area (Å²) in [6, 6.07) is 16.6. The Hall–Kier alpha value is -4.44. The summed E-state index contributed by atoms with van der Waals surface area (Å²) in [5.41, 5.74) is 2.72. The van der Waals surface area contributed by atoms with Crippen LogP contribution in [0.5, 0.6) is 11.5 Å². The average Bonchev–Trinajstić information content (AvgIpc) is 3.55. The molecule has 3 N–H and O–H groups in total. The third-order valence-corrected chi connectivity index (χ3v) is 8.39. The smallest absolute Gasteiger partial charge is 0.331 e. The number of nitrogens with one attached hydrogen (secondary N) is 3. The number of amides is 4. The number of aryl methyl sites for hydroxylation is 1. The normalized spacial score (nSPS) is 17.9. The number of anilines is 3. The molecular formula is C30H29N5O4S. The second-order valence-corrected chi connectivity index (χ2v) is 11.0. The van der Waals surface area contributed by atoms with Crippen molar-refractivity contribution in [3.63, 3.8) is 0 Å². The maximum atomic E-state index is 13.5. The first-order valence-electron chi connectivity index (χ1n) is 13.4. The van der Waals surface area contributed by atoms with Crippen molar-refractivity contribution in [3.8, 4) is 11.5 Å². The van der Waals surface area contributed by atoms with Crippen LogP contribution in [0.4, 0.5) is 21.9 Å². The molecule has 0 bridgehead atoms. The average molecular weight is 556 g/mol. The first-order chi connectivity index (χ1) is 19.4. The summed E-state index contributed by atoms with van der Waals surface area (Å²) in [4.78, 5) is 45.9. The van der Waals surface area contributed by atoms with Crippen LogP contribution >= 0.6 is 11.3 Å². The third kappa shape index (κ3) is 4.86. The van der Waals surface area contributed by atoms with E-state index in [1.54, 1.807) is 17.2 Å². The number of benzene rings is 2. The maximum absolute atomic E-state index is 13.5. The molecule has 1 saturated carbocycles. The van der Waals surface area contributed by atoms with Gasteiger partial charge < -0.3 is 20.7 Å². The van der Waals surface area contributed by atoms with E-state index in [2.05, 4.69) is 20.9 Å². The molecule has 6 rings (SSSR count). The van der Waals surface area contributed by atoms with E-state index in [9.17, 15) is 14.4 Å². The lowest BCUT2D eigenvalue weighted by Crippen LogP contribution is -2.38. The van der Waals surface area contributed by atoms with Gasteiger partial charge >= 0.3 is 6.03 Å². The number of urea groups is 1. The zero-order valence-electron chi connectivity index (χ0n) is 22.2. The molecule has 1 aliphatic carbocycles. The fraction of sp³-hybridized carbons (Fsp3) is 0.267. The van der Waals surface area contributed by atoms with E-state index in [0.29, 0.717) is 45.4 Å². The number of aromatic nitrogens is 1. The monoisotopic (exact) mass is 555 g/mol. The predicted octanol–water partition coefficient (Wildman–Crippen LogP) is 6.26. The topological polar surface area (TPSA) is 113 Å². The Labute approximate surface area is 235 Å². The summed E-state index contributed by atoms with van der Waals surface area (Å²) in [6.45, 7) is 3.75. The molecule has 4 amide bonds. The largest absolute Gasteiger partial charge is 0.457 e. The van der Waals surface area contributed by atoms with Gasteiger partial charge in [0.2, 0.25) is 5.91 Å². The Morgan fingerprint density at radius 3 is 2.58 bits per heavy atom. The minimum Gasteiger partial charge on any atom is -0.457 e. The van der Waals surface area contributed by atoms with Crippen molar-refractivity contribution in [2.75, 3.05) is 10.2 Å². The number of para-hydroxylation sites is 1. The Morgan fingerprint density at radius 1 is 1.05 bits per heavy atom. The fourth-order valence-electron chi connectivity index (χ4n) is 5.37. The number of nitrogens with zero attached hydrogens (tertiary/aromatic N) is 2. The number of hydrogen-bond donors (Lipinski definition) is 3. The minimum absolute atomic E-state index is 0.0189. The van der Waals surface area contributed by atoms with Gasteiger partial charge in [-0.05, 0) is 68.1 Å².